The van der Waals surface area contributed by atoms with Crippen LogP contribution in [0.1, 0.15) is 83.4 Å². The van der Waals surface area contributed by atoms with Gasteiger partial charge in [0.1, 0.15) is 6.54 Å². The van der Waals surface area contributed by atoms with Gasteiger partial charge in [0, 0.05) is 17.7 Å². The summed E-state index contributed by atoms with van der Waals surface area (Å²) in [5.74, 6) is 1.38. The van der Waals surface area contributed by atoms with Crippen molar-refractivity contribution in [1.82, 2.24) is 4.90 Å². The number of hydrogen-bond donors (Lipinski definition) is 0. The summed E-state index contributed by atoms with van der Waals surface area (Å²) in [5.41, 5.74) is 8.10. The summed E-state index contributed by atoms with van der Waals surface area (Å²) in [6.45, 7) is 20.2. The number of benzene rings is 3. The van der Waals surface area contributed by atoms with E-state index in [4.69, 9.17) is 14.2 Å². The lowest BCUT2D eigenvalue weighted by Crippen LogP contribution is -3.00. The van der Waals surface area contributed by atoms with Crippen molar-refractivity contribution in [2.24, 2.45) is 0 Å². The monoisotopic (exact) mass is 668 g/mol. The molecule has 1 atom stereocenters. The molecule has 0 saturated heterocycles. The van der Waals surface area contributed by atoms with E-state index < -0.39 is 0 Å². The third-order valence-electron chi connectivity index (χ3n) is 8.79. The Bertz CT molecular complexity index is 1320. The van der Waals surface area contributed by atoms with Crippen molar-refractivity contribution in [3.8, 4) is 17.2 Å². The summed E-state index contributed by atoms with van der Waals surface area (Å²) in [6.07, 6.45) is 1.95. The molecule has 242 valence electrons. The highest BCUT2D eigenvalue weighted by molar-refractivity contribution is 5.96. The zero-order valence-corrected chi connectivity index (χ0v) is 30.1. The summed E-state index contributed by atoms with van der Waals surface area (Å²) in [5, 5.41) is 0. The number of unbranched alkanes of at least 4 members (excludes halogenated alkanes) is 1. The molecule has 0 saturated carbocycles. The quantitative estimate of drug-likeness (QED) is 0.169. The molecule has 3 rings (SSSR count). The number of methoxy groups -OCH3 is 3. The van der Waals surface area contributed by atoms with Crippen molar-refractivity contribution in [3.63, 3.8) is 0 Å². The van der Waals surface area contributed by atoms with Gasteiger partial charge in [-0.15, -0.1) is 0 Å². The van der Waals surface area contributed by atoms with Gasteiger partial charge in [-0.1, -0.05) is 58.7 Å². The molecule has 0 bridgehead atoms. The predicted molar refractivity (Wildman–Crippen MR) is 177 cm³/mol. The number of hydrogen-bond acceptors (Lipinski definition) is 4. The second-order valence-electron chi connectivity index (χ2n) is 12.1. The number of rotatable bonds is 15. The third kappa shape index (κ3) is 9.24. The molecule has 0 fully saturated rings. The molecular weight excluding hydrogens is 616 g/mol. The highest BCUT2D eigenvalue weighted by Gasteiger charge is 2.27. The molecule has 44 heavy (non-hydrogen) atoms. The lowest BCUT2D eigenvalue weighted by molar-refractivity contribution is -0.938. The van der Waals surface area contributed by atoms with E-state index in [-0.39, 0.29) is 28.9 Å². The van der Waals surface area contributed by atoms with Crippen LogP contribution < -0.4 is 31.2 Å². The SMILES string of the molecule is CC[N+](CC)(CCCCN(C(=O)c1cc(OC)c(OC)c(OC)c1)C(C)c1cc(C)cc(C)c1)Cc1cc(C)cc(C)c1.[Br-]. The number of nitrogens with zero attached hydrogens (tertiary/aromatic N) is 2. The van der Waals surface area contributed by atoms with Crippen molar-refractivity contribution in [1.29, 1.82) is 0 Å². The number of carbonyl (C=O) groups excluding carboxylic acids is 1. The van der Waals surface area contributed by atoms with Gasteiger partial charge in [-0.25, -0.2) is 0 Å². The van der Waals surface area contributed by atoms with Gasteiger partial charge in [0.05, 0.1) is 47.0 Å². The second kappa shape index (κ2) is 16.9. The van der Waals surface area contributed by atoms with Gasteiger partial charge in [-0.2, -0.15) is 0 Å². The maximum atomic E-state index is 14.2. The van der Waals surface area contributed by atoms with Crippen LogP contribution in [0.5, 0.6) is 17.2 Å². The molecule has 0 aromatic heterocycles. The molecule has 3 aromatic carbocycles. The van der Waals surface area contributed by atoms with Crippen molar-refractivity contribution < 1.29 is 40.5 Å². The number of aryl methyl sites for hydroxylation is 4. The molecule has 0 heterocycles. The first-order valence-electron chi connectivity index (χ1n) is 15.6. The Morgan fingerprint density at radius 2 is 1.25 bits per heavy atom. The van der Waals surface area contributed by atoms with Gasteiger partial charge in [-0.05, 0) is 79.0 Å². The molecule has 0 aliphatic rings. The van der Waals surface area contributed by atoms with Gasteiger partial charge in [0.2, 0.25) is 5.75 Å². The van der Waals surface area contributed by atoms with E-state index in [0.717, 1.165) is 49.1 Å². The Labute approximate surface area is 276 Å². The Morgan fingerprint density at radius 1 is 0.750 bits per heavy atom. The first kappa shape index (κ1) is 37.2. The molecule has 1 unspecified atom stereocenters. The smallest absolute Gasteiger partial charge is 0.254 e. The summed E-state index contributed by atoms with van der Waals surface area (Å²) in [6, 6.07) is 16.9. The van der Waals surface area contributed by atoms with Gasteiger partial charge >= 0.3 is 0 Å². The van der Waals surface area contributed by atoms with Crippen molar-refractivity contribution in [2.75, 3.05) is 47.5 Å². The summed E-state index contributed by atoms with van der Waals surface area (Å²) < 4.78 is 17.7. The van der Waals surface area contributed by atoms with E-state index in [2.05, 4.69) is 84.9 Å². The molecule has 7 heteroatoms. The molecule has 0 aliphatic heterocycles. The molecule has 0 aliphatic carbocycles. The van der Waals surface area contributed by atoms with Crippen LogP contribution in [0.15, 0.2) is 48.5 Å². The van der Waals surface area contributed by atoms with E-state index in [1.54, 1.807) is 33.5 Å². The highest BCUT2D eigenvalue weighted by Crippen LogP contribution is 2.39. The standard InChI is InChI=1S/C37H53N2O4.BrH/c1-11-39(12-2,25-31-19-26(3)17-27(4)20-31)16-14-13-15-38(30(7)32-21-28(5)18-29(6)22-32)37(40)33-23-34(41-8)36(43-10)35(24-33)42-9;/h17-24,30H,11-16,25H2,1-10H3;1H/q+1;/p-1. The van der Waals surface area contributed by atoms with Gasteiger partial charge in [-0.3, -0.25) is 4.79 Å². The lowest BCUT2D eigenvalue weighted by atomic mass is 10.00. The normalized spacial score (nSPS) is 11.9. The van der Waals surface area contributed by atoms with Gasteiger partial charge in [0.15, 0.2) is 11.5 Å². The van der Waals surface area contributed by atoms with E-state index >= 15 is 0 Å². The Balaban J connectivity index is 0.00000675. The van der Waals surface area contributed by atoms with Crippen molar-refractivity contribution in [3.05, 3.63) is 87.5 Å². The first-order chi connectivity index (χ1) is 20.5. The molecular formula is C37H53BrN2O4. The minimum Gasteiger partial charge on any atom is -1.00 e. The van der Waals surface area contributed by atoms with Crippen LogP contribution in [-0.4, -0.2) is 62.8 Å². The van der Waals surface area contributed by atoms with Crippen LogP contribution in [-0.2, 0) is 6.54 Å². The fourth-order valence-electron chi connectivity index (χ4n) is 6.39. The maximum Gasteiger partial charge on any atom is 0.254 e. The average Bonchev–Trinajstić information content (AvgIpc) is 2.98. The maximum absolute atomic E-state index is 14.2. The zero-order chi connectivity index (χ0) is 31.7. The summed E-state index contributed by atoms with van der Waals surface area (Å²) in [4.78, 5) is 16.2. The first-order valence-corrected chi connectivity index (χ1v) is 15.6. The summed E-state index contributed by atoms with van der Waals surface area (Å²) in [7, 11) is 4.72. The largest absolute Gasteiger partial charge is 1.00 e. The fourth-order valence-corrected chi connectivity index (χ4v) is 6.39. The Morgan fingerprint density at radius 3 is 1.70 bits per heavy atom. The molecule has 6 nitrogen and oxygen atoms in total. The van der Waals surface area contributed by atoms with Crippen LogP contribution in [0.2, 0.25) is 0 Å². The molecule has 3 aromatic rings. The van der Waals surface area contributed by atoms with Crippen LogP contribution in [0, 0.1) is 27.7 Å². The van der Waals surface area contributed by atoms with Crippen molar-refractivity contribution >= 4 is 5.91 Å². The average molecular weight is 670 g/mol. The zero-order valence-electron chi connectivity index (χ0n) is 28.6. The third-order valence-corrected chi connectivity index (χ3v) is 8.79. The van der Waals surface area contributed by atoms with E-state index in [1.807, 2.05) is 4.90 Å². The Kier molecular flexibility index (Phi) is 14.3. The van der Waals surface area contributed by atoms with E-state index in [9.17, 15) is 4.79 Å². The molecule has 0 spiro atoms. The lowest BCUT2D eigenvalue weighted by Gasteiger charge is -2.38. The van der Waals surface area contributed by atoms with Crippen LogP contribution >= 0.6 is 0 Å². The number of amides is 1. The van der Waals surface area contributed by atoms with E-state index in [0.29, 0.717) is 29.4 Å². The minimum atomic E-state index is -0.0999. The molecule has 1 amide bonds. The number of ether oxygens (including phenoxy) is 3. The molecule has 0 N–H and O–H groups in total. The number of halogens is 1. The van der Waals surface area contributed by atoms with Crippen LogP contribution in [0.25, 0.3) is 0 Å². The number of quaternary nitrogens is 1. The minimum absolute atomic E-state index is 0. The number of carbonyl (C=O) groups is 1. The highest BCUT2D eigenvalue weighted by atomic mass is 79.9. The Hall–Kier alpha value is -3.03. The summed E-state index contributed by atoms with van der Waals surface area (Å²) >= 11 is 0. The van der Waals surface area contributed by atoms with Crippen molar-refractivity contribution in [2.45, 2.75) is 73.9 Å². The van der Waals surface area contributed by atoms with Crippen LogP contribution in [0.4, 0.5) is 0 Å². The topological polar surface area (TPSA) is 48.0 Å². The van der Waals surface area contributed by atoms with E-state index in [1.165, 1.54) is 27.8 Å². The predicted octanol–water partition coefficient (Wildman–Crippen LogP) is 4.99. The van der Waals surface area contributed by atoms with Gasteiger partial charge in [0.25, 0.3) is 5.91 Å². The van der Waals surface area contributed by atoms with Crippen LogP contribution in [0.3, 0.4) is 0 Å². The fraction of sp³-hybridized carbons (Fsp3) is 0.486. The second-order valence-corrected chi connectivity index (χ2v) is 12.1. The van der Waals surface area contributed by atoms with Gasteiger partial charge < -0.3 is 40.6 Å². The molecule has 0 radical (unpaired) electrons.